The van der Waals surface area contributed by atoms with E-state index in [0.29, 0.717) is 0 Å². The third-order valence-corrected chi connectivity index (χ3v) is 3.93. The lowest BCUT2D eigenvalue weighted by molar-refractivity contribution is 0.125. The summed E-state index contributed by atoms with van der Waals surface area (Å²) in [5.41, 5.74) is 6.42. The largest absolute Gasteiger partial charge is 0.447 e. The van der Waals surface area contributed by atoms with Crippen LogP contribution in [-0.4, -0.2) is 18.2 Å². The quantitative estimate of drug-likeness (QED) is 0.876. The Bertz CT molecular complexity index is 616. The number of hydrogen-bond donors (Lipinski definition) is 2. The summed E-state index contributed by atoms with van der Waals surface area (Å²) in [6.45, 7) is 4.21. The Kier molecular flexibility index (Phi) is 4.81. The van der Waals surface area contributed by atoms with Crippen LogP contribution in [0.2, 0.25) is 0 Å². The maximum Gasteiger partial charge on any atom is 0.411 e. The predicted octanol–water partition coefficient (Wildman–Crippen LogP) is 3.91. The van der Waals surface area contributed by atoms with Crippen molar-refractivity contribution < 1.29 is 9.53 Å². The van der Waals surface area contributed by atoms with Gasteiger partial charge in [-0.05, 0) is 24.3 Å². The number of carbonyl (C=O) groups is 1. The summed E-state index contributed by atoms with van der Waals surface area (Å²) in [6.07, 6.45) is 1.07. The molecule has 21 heavy (non-hydrogen) atoms. The highest BCUT2D eigenvalue weighted by Gasteiger charge is 2.22. The maximum absolute atomic E-state index is 11.9. The minimum absolute atomic E-state index is 0.219. The van der Waals surface area contributed by atoms with Gasteiger partial charge in [0.25, 0.3) is 0 Å². The van der Waals surface area contributed by atoms with Crippen LogP contribution < -0.4 is 11.1 Å². The van der Waals surface area contributed by atoms with Gasteiger partial charge in [-0.2, -0.15) is 0 Å². The molecule has 0 atom stereocenters. The van der Waals surface area contributed by atoms with Crippen molar-refractivity contribution in [3.63, 3.8) is 0 Å². The molecule has 0 saturated carbocycles. The number of benzene rings is 2. The van der Waals surface area contributed by atoms with Gasteiger partial charge in [0, 0.05) is 10.9 Å². The standard InChI is InChI=1S/C17H22N2O2/c1-3-17(18,4-2)12-21-16(20)19-15-11-7-9-13-8-5-6-10-14(13)15/h5-11H,3-4,12,18H2,1-2H3,(H,19,20). The number of rotatable bonds is 5. The Balaban J connectivity index is 2.05. The molecule has 0 spiro atoms. The van der Waals surface area contributed by atoms with Crippen molar-refractivity contribution in [3.8, 4) is 0 Å². The van der Waals surface area contributed by atoms with Crippen LogP contribution in [0.4, 0.5) is 10.5 Å². The van der Waals surface area contributed by atoms with Gasteiger partial charge in [-0.15, -0.1) is 0 Å². The van der Waals surface area contributed by atoms with E-state index in [1.807, 2.05) is 56.3 Å². The third-order valence-electron chi connectivity index (χ3n) is 3.93. The van der Waals surface area contributed by atoms with E-state index in [-0.39, 0.29) is 6.61 Å². The van der Waals surface area contributed by atoms with Crippen molar-refractivity contribution in [1.82, 2.24) is 0 Å². The second-order valence-electron chi connectivity index (χ2n) is 5.30. The summed E-state index contributed by atoms with van der Waals surface area (Å²) < 4.78 is 5.27. The molecule has 0 fully saturated rings. The molecule has 0 aliphatic rings. The predicted molar refractivity (Wildman–Crippen MR) is 86.4 cm³/mol. The first kappa shape index (κ1) is 15.3. The molecular formula is C17H22N2O2. The van der Waals surface area contributed by atoms with Crippen LogP contribution in [0.15, 0.2) is 42.5 Å². The van der Waals surface area contributed by atoms with Crippen LogP contribution in [0.1, 0.15) is 26.7 Å². The van der Waals surface area contributed by atoms with Crippen molar-refractivity contribution in [2.75, 3.05) is 11.9 Å². The van der Waals surface area contributed by atoms with Gasteiger partial charge in [-0.25, -0.2) is 4.79 Å². The molecule has 2 aromatic carbocycles. The van der Waals surface area contributed by atoms with E-state index in [2.05, 4.69) is 5.32 Å². The van der Waals surface area contributed by atoms with E-state index in [0.717, 1.165) is 29.3 Å². The average molecular weight is 286 g/mol. The monoisotopic (exact) mass is 286 g/mol. The minimum Gasteiger partial charge on any atom is -0.447 e. The SMILES string of the molecule is CCC(N)(CC)COC(=O)Nc1cccc2ccccc12. The van der Waals surface area contributed by atoms with Crippen molar-refractivity contribution >= 4 is 22.6 Å². The summed E-state index contributed by atoms with van der Waals surface area (Å²) >= 11 is 0. The molecule has 0 radical (unpaired) electrons. The van der Waals surface area contributed by atoms with E-state index in [4.69, 9.17) is 10.5 Å². The smallest absolute Gasteiger partial charge is 0.411 e. The molecule has 0 bridgehead atoms. The first-order valence-electron chi connectivity index (χ1n) is 7.28. The zero-order valence-corrected chi connectivity index (χ0v) is 12.6. The van der Waals surface area contributed by atoms with Crippen molar-refractivity contribution in [2.45, 2.75) is 32.2 Å². The van der Waals surface area contributed by atoms with Gasteiger partial charge in [0.05, 0.1) is 5.69 Å². The maximum atomic E-state index is 11.9. The fourth-order valence-corrected chi connectivity index (χ4v) is 2.14. The van der Waals surface area contributed by atoms with E-state index >= 15 is 0 Å². The zero-order valence-electron chi connectivity index (χ0n) is 12.6. The van der Waals surface area contributed by atoms with Gasteiger partial charge < -0.3 is 10.5 Å². The average Bonchev–Trinajstić information content (AvgIpc) is 2.53. The molecule has 4 nitrogen and oxygen atoms in total. The molecule has 2 rings (SSSR count). The van der Waals surface area contributed by atoms with E-state index in [1.54, 1.807) is 0 Å². The highest BCUT2D eigenvalue weighted by Crippen LogP contribution is 2.23. The zero-order chi connectivity index (χ0) is 15.3. The Morgan fingerprint density at radius 1 is 1.14 bits per heavy atom. The van der Waals surface area contributed by atoms with Crippen LogP contribution in [0, 0.1) is 0 Å². The normalized spacial score (nSPS) is 11.4. The van der Waals surface area contributed by atoms with Gasteiger partial charge in [-0.3, -0.25) is 5.32 Å². The van der Waals surface area contributed by atoms with Crippen molar-refractivity contribution in [1.29, 1.82) is 0 Å². The molecule has 0 saturated heterocycles. The van der Waals surface area contributed by atoms with Crippen LogP contribution >= 0.6 is 0 Å². The van der Waals surface area contributed by atoms with Crippen LogP contribution in [0.25, 0.3) is 10.8 Å². The van der Waals surface area contributed by atoms with Crippen LogP contribution in [0.3, 0.4) is 0 Å². The summed E-state index contributed by atoms with van der Waals surface area (Å²) in [7, 11) is 0. The second kappa shape index (κ2) is 6.59. The Morgan fingerprint density at radius 3 is 2.52 bits per heavy atom. The second-order valence-corrected chi connectivity index (χ2v) is 5.30. The topological polar surface area (TPSA) is 64.3 Å². The molecular weight excluding hydrogens is 264 g/mol. The van der Waals surface area contributed by atoms with E-state index in [1.165, 1.54) is 0 Å². The molecule has 0 heterocycles. The Labute approximate surface area is 125 Å². The van der Waals surface area contributed by atoms with Gasteiger partial charge in [-0.1, -0.05) is 50.2 Å². The Morgan fingerprint density at radius 2 is 1.81 bits per heavy atom. The lowest BCUT2D eigenvalue weighted by Crippen LogP contribution is -2.44. The molecule has 112 valence electrons. The number of carbonyl (C=O) groups excluding carboxylic acids is 1. The first-order valence-corrected chi connectivity index (χ1v) is 7.28. The number of amides is 1. The number of anilines is 1. The third kappa shape index (κ3) is 3.73. The summed E-state index contributed by atoms with van der Waals surface area (Å²) in [5, 5.41) is 4.85. The Hall–Kier alpha value is -2.07. The fourth-order valence-electron chi connectivity index (χ4n) is 2.14. The molecule has 0 aliphatic carbocycles. The van der Waals surface area contributed by atoms with Crippen molar-refractivity contribution in [2.24, 2.45) is 5.73 Å². The van der Waals surface area contributed by atoms with Gasteiger partial charge in [0.2, 0.25) is 0 Å². The molecule has 2 aromatic rings. The molecule has 0 unspecified atom stereocenters. The molecule has 0 aliphatic heterocycles. The number of nitrogens with one attached hydrogen (secondary N) is 1. The minimum atomic E-state index is -0.469. The summed E-state index contributed by atoms with van der Waals surface area (Å²) in [4.78, 5) is 11.9. The van der Waals surface area contributed by atoms with Crippen LogP contribution in [-0.2, 0) is 4.74 Å². The molecule has 0 aromatic heterocycles. The highest BCUT2D eigenvalue weighted by molar-refractivity contribution is 6.00. The van der Waals surface area contributed by atoms with Gasteiger partial charge >= 0.3 is 6.09 Å². The highest BCUT2D eigenvalue weighted by atomic mass is 16.5. The number of hydrogen-bond acceptors (Lipinski definition) is 3. The lowest BCUT2D eigenvalue weighted by Gasteiger charge is -2.25. The lowest BCUT2D eigenvalue weighted by atomic mass is 9.96. The fraction of sp³-hybridized carbons (Fsp3) is 0.353. The van der Waals surface area contributed by atoms with E-state index in [9.17, 15) is 4.79 Å². The molecule has 3 N–H and O–H groups in total. The van der Waals surface area contributed by atoms with Gasteiger partial charge in [0.1, 0.15) is 6.61 Å². The van der Waals surface area contributed by atoms with Gasteiger partial charge in [0.15, 0.2) is 0 Å². The van der Waals surface area contributed by atoms with E-state index < -0.39 is 11.6 Å². The van der Waals surface area contributed by atoms with Crippen LogP contribution in [0.5, 0.6) is 0 Å². The molecule has 4 heteroatoms. The first-order chi connectivity index (χ1) is 10.1. The number of ether oxygens (including phenoxy) is 1. The summed E-state index contributed by atoms with van der Waals surface area (Å²) in [6, 6.07) is 13.7. The number of nitrogens with two attached hydrogens (primary N) is 1. The molecule has 1 amide bonds. The summed E-state index contributed by atoms with van der Waals surface area (Å²) in [5.74, 6) is 0. The van der Waals surface area contributed by atoms with Crippen molar-refractivity contribution in [3.05, 3.63) is 42.5 Å². The number of fused-ring (bicyclic) bond motifs is 1.